The molecule has 0 aromatic heterocycles. The van der Waals surface area contributed by atoms with E-state index in [1.807, 2.05) is 7.11 Å². The third-order valence-electron chi connectivity index (χ3n) is 9.33. The van der Waals surface area contributed by atoms with Crippen LogP contribution in [0.25, 0.3) is 0 Å². The molecule has 3 fully saturated rings. The zero-order chi connectivity index (χ0) is 23.3. The van der Waals surface area contributed by atoms with Gasteiger partial charge in [0.2, 0.25) is 0 Å². The van der Waals surface area contributed by atoms with Gasteiger partial charge >= 0.3 is 0 Å². The number of ether oxygens (including phenoxy) is 2. The quantitative estimate of drug-likeness (QED) is 0.394. The molecule has 0 bridgehead atoms. The molecule has 0 aromatic rings. The highest BCUT2D eigenvalue weighted by Crippen LogP contribution is 2.60. The second-order valence-corrected chi connectivity index (χ2v) is 11.2. The normalized spacial score (nSPS) is 37.6. The highest BCUT2D eigenvalue weighted by Gasteiger charge is 2.50. The van der Waals surface area contributed by atoms with E-state index in [0.29, 0.717) is 11.5 Å². The summed E-state index contributed by atoms with van der Waals surface area (Å²) in [4.78, 5) is 0. The van der Waals surface area contributed by atoms with Crippen molar-refractivity contribution in [3.8, 4) is 0 Å². The van der Waals surface area contributed by atoms with Crippen molar-refractivity contribution in [2.45, 2.75) is 97.2 Å². The molecule has 0 aromatic carbocycles. The largest absolute Gasteiger partial charge is 0.396 e. The van der Waals surface area contributed by atoms with E-state index in [9.17, 15) is 5.11 Å². The summed E-state index contributed by atoms with van der Waals surface area (Å²) >= 11 is 0. The Balaban J connectivity index is 1.68. The molecule has 3 rings (SSSR count). The van der Waals surface area contributed by atoms with Gasteiger partial charge in [0.25, 0.3) is 0 Å². The van der Waals surface area contributed by atoms with Crippen molar-refractivity contribution in [3.05, 3.63) is 35.5 Å². The molecular weight excluding hydrogens is 396 g/mol. The van der Waals surface area contributed by atoms with E-state index >= 15 is 0 Å². The molecule has 3 saturated carbocycles. The van der Waals surface area contributed by atoms with E-state index in [1.54, 1.807) is 12.7 Å². The number of hydrogen-bond acceptors (Lipinski definition) is 3. The molecule has 3 nitrogen and oxygen atoms in total. The van der Waals surface area contributed by atoms with Gasteiger partial charge in [-0.05, 0) is 87.0 Å². The molecule has 3 heteroatoms. The fourth-order valence-electron chi connectivity index (χ4n) is 7.20. The summed E-state index contributed by atoms with van der Waals surface area (Å²) in [5.41, 5.74) is 4.59. The number of hydrogen-bond donors (Lipinski definition) is 1. The van der Waals surface area contributed by atoms with E-state index in [2.05, 4.69) is 39.5 Å². The lowest BCUT2D eigenvalue weighted by Crippen LogP contribution is -2.36. The Hall–Kier alpha value is -0.900. The molecule has 0 radical (unpaired) electrons. The molecule has 0 saturated heterocycles. The molecule has 3 aliphatic carbocycles. The third kappa shape index (κ3) is 5.59. The molecule has 1 N–H and O–H groups in total. The van der Waals surface area contributed by atoms with Gasteiger partial charge in [-0.15, -0.1) is 0 Å². The van der Waals surface area contributed by atoms with Crippen LogP contribution in [0.4, 0.5) is 0 Å². The van der Waals surface area contributed by atoms with Crippen molar-refractivity contribution in [2.75, 3.05) is 20.8 Å². The summed E-state index contributed by atoms with van der Waals surface area (Å²) < 4.78 is 11.1. The first-order chi connectivity index (χ1) is 15.3. The van der Waals surface area contributed by atoms with Crippen LogP contribution in [0.15, 0.2) is 35.5 Å². The Morgan fingerprint density at radius 2 is 1.94 bits per heavy atom. The fraction of sp³-hybridized carbons (Fsp3) is 0.793. The Bertz CT molecular complexity index is 675. The number of rotatable bonds is 9. The minimum absolute atomic E-state index is 0.0414. The number of fused-ring (bicyclic) bond motifs is 1. The summed E-state index contributed by atoms with van der Waals surface area (Å²) in [6, 6.07) is 0. The maximum atomic E-state index is 9.79. The molecule has 7 atom stereocenters. The van der Waals surface area contributed by atoms with Crippen LogP contribution >= 0.6 is 0 Å². The van der Waals surface area contributed by atoms with Gasteiger partial charge in [-0.3, -0.25) is 0 Å². The second kappa shape index (κ2) is 11.5. The number of allylic oxidation sites excluding steroid dienone is 3. The summed E-state index contributed by atoms with van der Waals surface area (Å²) in [5.74, 6) is 2.51. The van der Waals surface area contributed by atoms with Gasteiger partial charge < -0.3 is 14.6 Å². The Morgan fingerprint density at radius 3 is 2.62 bits per heavy atom. The first-order valence-corrected chi connectivity index (χ1v) is 13.1. The lowest BCUT2D eigenvalue weighted by atomic mass is 9.60. The van der Waals surface area contributed by atoms with E-state index in [1.165, 1.54) is 56.9 Å². The van der Waals surface area contributed by atoms with Crippen molar-refractivity contribution >= 4 is 0 Å². The van der Waals surface area contributed by atoms with E-state index in [-0.39, 0.29) is 18.6 Å². The topological polar surface area (TPSA) is 38.7 Å². The summed E-state index contributed by atoms with van der Waals surface area (Å²) in [7, 11) is 3.58. The first-order valence-electron chi connectivity index (χ1n) is 13.1. The molecule has 0 heterocycles. The van der Waals surface area contributed by atoms with E-state index in [4.69, 9.17) is 9.47 Å². The zero-order valence-electron chi connectivity index (χ0n) is 21.4. The van der Waals surface area contributed by atoms with Gasteiger partial charge in [0.05, 0.1) is 12.2 Å². The maximum absolute atomic E-state index is 9.79. The monoisotopic (exact) mass is 444 g/mol. The Kier molecular flexibility index (Phi) is 9.23. The van der Waals surface area contributed by atoms with Gasteiger partial charge in [0, 0.05) is 26.7 Å². The van der Waals surface area contributed by atoms with Crippen LogP contribution < -0.4 is 0 Å². The molecule has 3 aliphatic rings. The zero-order valence-corrected chi connectivity index (χ0v) is 21.4. The second-order valence-electron chi connectivity index (χ2n) is 11.2. The summed E-state index contributed by atoms with van der Waals surface area (Å²) in [5, 5.41) is 9.79. The highest BCUT2D eigenvalue weighted by molar-refractivity contribution is 5.29. The predicted molar refractivity (Wildman–Crippen MR) is 134 cm³/mol. The Labute approximate surface area is 197 Å². The van der Waals surface area contributed by atoms with Gasteiger partial charge in [-0.25, -0.2) is 0 Å². The van der Waals surface area contributed by atoms with Gasteiger partial charge in [-0.2, -0.15) is 0 Å². The highest BCUT2D eigenvalue weighted by atomic mass is 16.5. The van der Waals surface area contributed by atoms with Crippen LogP contribution in [0.5, 0.6) is 0 Å². The molecule has 0 amide bonds. The Morgan fingerprint density at radius 1 is 1.16 bits per heavy atom. The van der Waals surface area contributed by atoms with Crippen molar-refractivity contribution in [2.24, 2.45) is 29.1 Å². The number of methoxy groups -OCH3 is 2. The van der Waals surface area contributed by atoms with Crippen molar-refractivity contribution < 1.29 is 14.6 Å². The summed E-state index contributed by atoms with van der Waals surface area (Å²) in [6.07, 6.45) is 17.6. The van der Waals surface area contributed by atoms with Gasteiger partial charge in [0.1, 0.15) is 0 Å². The lowest BCUT2D eigenvalue weighted by Gasteiger charge is -2.44. The van der Waals surface area contributed by atoms with Crippen molar-refractivity contribution in [3.63, 3.8) is 0 Å². The van der Waals surface area contributed by atoms with Crippen LogP contribution in [-0.4, -0.2) is 38.1 Å². The molecule has 32 heavy (non-hydrogen) atoms. The van der Waals surface area contributed by atoms with Crippen LogP contribution in [0.2, 0.25) is 0 Å². The van der Waals surface area contributed by atoms with Crippen molar-refractivity contribution in [1.29, 1.82) is 0 Å². The van der Waals surface area contributed by atoms with Gasteiger partial charge in [-0.1, -0.05) is 56.6 Å². The minimum Gasteiger partial charge on any atom is -0.396 e. The number of aliphatic hydroxyl groups excluding tert-OH is 1. The molecule has 0 spiro atoms. The fourth-order valence-corrected chi connectivity index (χ4v) is 7.20. The van der Waals surface area contributed by atoms with E-state index in [0.717, 1.165) is 36.2 Å². The van der Waals surface area contributed by atoms with Crippen LogP contribution in [0, 0.1) is 29.1 Å². The summed E-state index contributed by atoms with van der Waals surface area (Å²) in [6.45, 7) is 11.6. The average molecular weight is 445 g/mol. The average Bonchev–Trinajstić information content (AvgIpc) is 3.15. The third-order valence-corrected chi connectivity index (χ3v) is 9.33. The van der Waals surface area contributed by atoms with Gasteiger partial charge in [0.15, 0.2) is 0 Å². The van der Waals surface area contributed by atoms with Crippen molar-refractivity contribution in [1.82, 2.24) is 0 Å². The SMILES string of the molecule is C=C1[C@H](CO)C/C(=C/C=C2\CCC[C@]3(C)C(C(C)CCCC(C)OC)CC[C@@H]23)C[C@H]1OC. The predicted octanol–water partition coefficient (Wildman–Crippen LogP) is 6.87. The molecule has 182 valence electrons. The van der Waals surface area contributed by atoms with Crippen LogP contribution in [0.3, 0.4) is 0 Å². The minimum atomic E-state index is 0.0414. The standard InChI is InChI=1S/C29H48O3/c1-20(9-7-10-21(2)31-5)26-14-15-27-24(11-8-16-29(26,27)4)13-12-23-17-25(19-30)22(3)28(18-23)32-6/h12-13,20-21,25-28,30H,3,7-11,14-19H2,1-2,4-6H3/b23-12-,24-13+/t20?,21?,25-,26?,27-,28+,29+/m0/s1. The van der Waals surface area contributed by atoms with Crippen LogP contribution in [0.1, 0.15) is 85.0 Å². The lowest BCUT2D eigenvalue weighted by molar-refractivity contribution is 0.0842. The molecule has 3 unspecified atom stereocenters. The number of aliphatic hydroxyl groups is 1. The maximum Gasteiger partial charge on any atom is 0.0819 e. The van der Waals surface area contributed by atoms with Crippen LogP contribution in [-0.2, 0) is 9.47 Å². The molecule has 0 aliphatic heterocycles. The molecular formula is C29H48O3. The smallest absolute Gasteiger partial charge is 0.0819 e. The first kappa shape index (κ1) is 25.7. The van der Waals surface area contributed by atoms with E-state index < -0.39 is 0 Å².